The molecule has 1 unspecified atom stereocenters. The molecule has 0 aromatic heterocycles. The van der Waals surface area contributed by atoms with Gasteiger partial charge in [0.05, 0.1) is 12.2 Å². The third-order valence-corrected chi connectivity index (χ3v) is 3.04. The fourth-order valence-electron chi connectivity index (χ4n) is 1.94. The van der Waals surface area contributed by atoms with E-state index in [9.17, 15) is 9.59 Å². The molecule has 0 fully saturated rings. The zero-order chi connectivity index (χ0) is 14.0. The quantitative estimate of drug-likeness (QED) is 0.804. The Morgan fingerprint density at radius 2 is 2.26 bits per heavy atom. The number of benzene rings is 1. The standard InChI is InChI=1S/C13H17N3O3/c1-8-13(18)16(2)10-5-9(3-4-11(10)19-8)7-15-12(17)6-14/h3-5,8H,6-7,14H2,1-2H3,(H,15,17). The van der Waals surface area contributed by atoms with Gasteiger partial charge in [-0.05, 0) is 24.6 Å². The Balaban J connectivity index is 2.19. The molecule has 3 N–H and O–H groups in total. The summed E-state index contributed by atoms with van der Waals surface area (Å²) in [5.74, 6) is 0.367. The Bertz CT molecular complexity index is 516. The number of rotatable bonds is 3. The van der Waals surface area contributed by atoms with Crippen LogP contribution in [-0.4, -0.2) is 31.5 Å². The van der Waals surface area contributed by atoms with Crippen molar-refractivity contribution in [2.24, 2.45) is 5.73 Å². The zero-order valence-corrected chi connectivity index (χ0v) is 11.0. The van der Waals surface area contributed by atoms with Crippen molar-refractivity contribution in [2.75, 3.05) is 18.5 Å². The van der Waals surface area contributed by atoms with E-state index < -0.39 is 6.10 Å². The van der Waals surface area contributed by atoms with Crippen LogP contribution >= 0.6 is 0 Å². The van der Waals surface area contributed by atoms with E-state index in [1.807, 2.05) is 12.1 Å². The molecule has 0 bridgehead atoms. The van der Waals surface area contributed by atoms with Crippen molar-refractivity contribution in [3.8, 4) is 5.75 Å². The topological polar surface area (TPSA) is 84.7 Å². The number of hydrogen-bond acceptors (Lipinski definition) is 4. The van der Waals surface area contributed by atoms with E-state index in [-0.39, 0.29) is 18.4 Å². The van der Waals surface area contributed by atoms with Gasteiger partial charge < -0.3 is 20.7 Å². The van der Waals surface area contributed by atoms with Gasteiger partial charge in [0.15, 0.2) is 6.10 Å². The average Bonchev–Trinajstić information content (AvgIpc) is 2.42. The van der Waals surface area contributed by atoms with Crippen molar-refractivity contribution >= 4 is 17.5 Å². The van der Waals surface area contributed by atoms with Gasteiger partial charge in [-0.25, -0.2) is 0 Å². The van der Waals surface area contributed by atoms with E-state index >= 15 is 0 Å². The van der Waals surface area contributed by atoms with Gasteiger partial charge in [-0.2, -0.15) is 0 Å². The third-order valence-electron chi connectivity index (χ3n) is 3.04. The van der Waals surface area contributed by atoms with Gasteiger partial charge in [0.25, 0.3) is 5.91 Å². The molecule has 0 spiro atoms. The molecule has 0 radical (unpaired) electrons. The SMILES string of the molecule is CC1Oc2ccc(CNC(=O)CN)cc2N(C)C1=O. The normalized spacial score (nSPS) is 17.7. The molecule has 102 valence electrons. The van der Waals surface area contributed by atoms with Crippen LogP contribution in [-0.2, 0) is 16.1 Å². The first-order valence-electron chi connectivity index (χ1n) is 6.07. The smallest absolute Gasteiger partial charge is 0.267 e. The second kappa shape index (κ2) is 5.27. The minimum atomic E-state index is -0.472. The Kier molecular flexibility index (Phi) is 3.71. The lowest BCUT2D eigenvalue weighted by atomic mass is 10.1. The molecule has 2 rings (SSSR count). The highest BCUT2D eigenvalue weighted by atomic mass is 16.5. The van der Waals surface area contributed by atoms with E-state index in [1.165, 1.54) is 0 Å². The monoisotopic (exact) mass is 263 g/mol. The van der Waals surface area contributed by atoms with Gasteiger partial charge in [0.1, 0.15) is 5.75 Å². The summed E-state index contributed by atoms with van der Waals surface area (Å²) < 4.78 is 5.52. The van der Waals surface area contributed by atoms with Crippen molar-refractivity contribution in [1.29, 1.82) is 0 Å². The Hall–Kier alpha value is -2.08. The van der Waals surface area contributed by atoms with Crippen molar-refractivity contribution in [3.63, 3.8) is 0 Å². The zero-order valence-electron chi connectivity index (χ0n) is 11.0. The highest BCUT2D eigenvalue weighted by molar-refractivity contribution is 5.99. The highest BCUT2D eigenvalue weighted by Gasteiger charge is 2.28. The molecule has 2 amide bonds. The van der Waals surface area contributed by atoms with Crippen LogP contribution in [0.15, 0.2) is 18.2 Å². The molecule has 1 heterocycles. The Labute approximate surface area is 111 Å². The first kappa shape index (κ1) is 13.4. The molecule has 1 atom stereocenters. The molecular weight excluding hydrogens is 246 g/mol. The number of ether oxygens (including phenoxy) is 1. The number of nitrogens with two attached hydrogens (primary N) is 1. The maximum atomic E-state index is 11.8. The lowest BCUT2D eigenvalue weighted by Crippen LogP contribution is -2.42. The highest BCUT2D eigenvalue weighted by Crippen LogP contribution is 2.33. The fourth-order valence-corrected chi connectivity index (χ4v) is 1.94. The number of nitrogens with one attached hydrogen (secondary N) is 1. The molecule has 1 aliphatic rings. The van der Waals surface area contributed by atoms with Gasteiger partial charge in [-0.1, -0.05) is 6.07 Å². The molecule has 6 heteroatoms. The van der Waals surface area contributed by atoms with Crippen LogP contribution in [0, 0.1) is 0 Å². The predicted molar refractivity (Wildman–Crippen MR) is 70.8 cm³/mol. The van der Waals surface area contributed by atoms with Gasteiger partial charge in [0.2, 0.25) is 5.91 Å². The number of amides is 2. The average molecular weight is 263 g/mol. The number of fused-ring (bicyclic) bond motifs is 1. The van der Waals surface area contributed by atoms with E-state index in [1.54, 1.807) is 24.9 Å². The van der Waals surface area contributed by atoms with E-state index in [4.69, 9.17) is 10.5 Å². The predicted octanol–water partition coefficient (Wildman–Crippen LogP) is 0.00520. The Morgan fingerprint density at radius 3 is 2.95 bits per heavy atom. The summed E-state index contributed by atoms with van der Waals surface area (Å²) in [5, 5.41) is 2.68. The molecular formula is C13H17N3O3. The number of anilines is 1. The second-order valence-corrected chi connectivity index (χ2v) is 4.44. The fraction of sp³-hybridized carbons (Fsp3) is 0.385. The second-order valence-electron chi connectivity index (χ2n) is 4.44. The van der Waals surface area contributed by atoms with Crippen molar-refractivity contribution in [1.82, 2.24) is 5.32 Å². The molecule has 1 aromatic rings. The summed E-state index contributed by atoms with van der Waals surface area (Å²) in [6, 6.07) is 5.49. The van der Waals surface area contributed by atoms with E-state index in [0.29, 0.717) is 18.0 Å². The Morgan fingerprint density at radius 1 is 1.53 bits per heavy atom. The van der Waals surface area contributed by atoms with Crippen molar-refractivity contribution in [3.05, 3.63) is 23.8 Å². The van der Waals surface area contributed by atoms with Gasteiger partial charge >= 0.3 is 0 Å². The van der Waals surface area contributed by atoms with Gasteiger partial charge in [-0.15, -0.1) is 0 Å². The molecule has 0 aliphatic carbocycles. The maximum Gasteiger partial charge on any atom is 0.267 e. The van der Waals surface area contributed by atoms with Crippen LogP contribution < -0.4 is 20.7 Å². The minimum absolute atomic E-state index is 0.0377. The van der Waals surface area contributed by atoms with Gasteiger partial charge in [0, 0.05) is 13.6 Å². The van der Waals surface area contributed by atoms with Crippen LogP contribution in [0.4, 0.5) is 5.69 Å². The van der Waals surface area contributed by atoms with Crippen molar-refractivity contribution in [2.45, 2.75) is 19.6 Å². The van der Waals surface area contributed by atoms with Crippen LogP contribution in [0.3, 0.4) is 0 Å². The van der Waals surface area contributed by atoms with Crippen LogP contribution in [0.2, 0.25) is 0 Å². The molecule has 1 aromatic carbocycles. The third kappa shape index (κ3) is 2.68. The summed E-state index contributed by atoms with van der Waals surface area (Å²) >= 11 is 0. The number of nitrogens with zero attached hydrogens (tertiary/aromatic N) is 1. The lowest BCUT2D eigenvalue weighted by molar-refractivity contribution is -0.125. The minimum Gasteiger partial charge on any atom is -0.479 e. The largest absolute Gasteiger partial charge is 0.479 e. The molecule has 6 nitrogen and oxygen atoms in total. The molecule has 0 saturated carbocycles. The first-order chi connectivity index (χ1) is 9.02. The van der Waals surface area contributed by atoms with Crippen LogP contribution in [0.1, 0.15) is 12.5 Å². The summed E-state index contributed by atoms with van der Waals surface area (Å²) in [4.78, 5) is 24.5. The maximum absolute atomic E-state index is 11.8. The molecule has 19 heavy (non-hydrogen) atoms. The summed E-state index contributed by atoms with van der Waals surface area (Å²) in [6.45, 7) is 2.06. The summed E-state index contributed by atoms with van der Waals surface area (Å²) in [5.41, 5.74) is 6.82. The lowest BCUT2D eigenvalue weighted by Gasteiger charge is -2.30. The van der Waals surface area contributed by atoms with E-state index in [2.05, 4.69) is 5.32 Å². The van der Waals surface area contributed by atoms with Gasteiger partial charge in [-0.3, -0.25) is 9.59 Å². The number of carbonyl (C=O) groups excluding carboxylic acids is 2. The number of carbonyl (C=O) groups is 2. The molecule has 0 saturated heterocycles. The van der Waals surface area contributed by atoms with Crippen LogP contribution in [0.25, 0.3) is 0 Å². The summed E-state index contributed by atoms with van der Waals surface area (Å²) in [7, 11) is 1.71. The number of likely N-dealkylation sites (N-methyl/N-ethyl adjacent to an activating group) is 1. The number of hydrogen-bond donors (Lipinski definition) is 2. The summed E-state index contributed by atoms with van der Waals surface area (Å²) in [6.07, 6.45) is -0.472. The molecule has 1 aliphatic heterocycles. The van der Waals surface area contributed by atoms with E-state index in [0.717, 1.165) is 5.56 Å². The van der Waals surface area contributed by atoms with Crippen LogP contribution in [0.5, 0.6) is 5.75 Å². The van der Waals surface area contributed by atoms with Crippen molar-refractivity contribution < 1.29 is 14.3 Å². The first-order valence-corrected chi connectivity index (χ1v) is 6.07.